The summed E-state index contributed by atoms with van der Waals surface area (Å²) in [6.07, 6.45) is 7.46. The largest absolute Gasteiger partial charge is 0.493 e. The minimum atomic E-state index is 0.153. The van der Waals surface area contributed by atoms with Crippen LogP contribution < -0.4 is 10.5 Å². The van der Waals surface area contributed by atoms with Crippen molar-refractivity contribution in [1.82, 2.24) is 0 Å². The lowest BCUT2D eigenvalue weighted by atomic mass is 9.77. The first-order valence-corrected chi connectivity index (χ1v) is 7.76. The Morgan fingerprint density at radius 1 is 1.21 bits per heavy atom. The lowest BCUT2D eigenvalue weighted by Gasteiger charge is -2.32. The van der Waals surface area contributed by atoms with Crippen LogP contribution in [0.2, 0.25) is 0 Å². The third-order valence-corrected chi connectivity index (χ3v) is 4.89. The van der Waals surface area contributed by atoms with Crippen LogP contribution in [0.1, 0.15) is 56.2 Å². The van der Waals surface area contributed by atoms with Gasteiger partial charge < -0.3 is 10.5 Å². The van der Waals surface area contributed by atoms with Crippen LogP contribution in [0.15, 0.2) is 18.2 Å². The topological polar surface area (TPSA) is 35.2 Å². The second-order valence-corrected chi connectivity index (χ2v) is 6.33. The summed E-state index contributed by atoms with van der Waals surface area (Å²) in [5.41, 5.74) is 9.16. The molecule has 1 aromatic rings. The van der Waals surface area contributed by atoms with E-state index in [0.29, 0.717) is 5.92 Å². The third kappa shape index (κ3) is 2.64. The monoisotopic (exact) mass is 259 g/mol. The number of nitrogens with two attached hydrogens (primary N) is 1. The molecule has 1 unspecified atom stereocenters. The van der Waals surface area contributed by atoms with Crippen molar-refractivity contribution in [3.8, 4) is 5.75 Å². The molecule has 2 N–H and O–H groups in total. The molecule has 0 amide bonds. The Morgan fingerprint density at radius 2 is 2.00 bits per heavy atom. The minimum Gasteiger partial charge on any atom is -0.493 e. The highest BCUT2D eigenvalue weighted by Crippen LogP contribution is 2.40. The van der Waals surface area contributed by atoms with Crippen LogP contribution in [-0.2, 0) is 6.42 Å². The highest BCUT2D eigenvalue weighted by molar-refractivity contribution is 5.44. The third-order valence-electron chi connectivity index (χ3n) is 4.89. The fraction of sp³-hybridized carbons (Fsp3) is 0.647. The van der Waals surface area contributed by atoms with Crippen LogP contribution >= 0.6 is 0 Å². The maximum absolute atomic E-state index is 6.56. The predicted molar refractivity (Wildman–Crippen MR) is 78.3 cm³/mol. The predicted octanol–water partition coefficient (Wildman–Crippen LogP) is 3.84. The van der Waals surface area contributed by atoms with Crippen LogP contribution in [0.25, 0.3) is 0 Å². The summed E-state index contributed by atoms with van der Waals surface area (Å²) >= 11 is 0. The lowest BCUT2D eigenvalue weighted by molar-refractivity contribution is 0.244. The molecule has 0 spiro atoms. The molecular formula is C17H25NO. The van der Waals surface area contributed by atoms with Crippen LogP contribution in [0.3, 0.4) is 0 Å². The molecule has 1 aliphatic carbocycles. The average Bonchev–Trinajstić information content (AvgIpc) is 2.47. The summed E-state index contributed by atoms with van der Waals surface area (Å²) in [6, 6.07) is 6.66. The van der Waals surface area contributed by atoms with Gasteiger partial charge in [-0.15, -0.1) is 0 Å². The van der Waals surface area contributed by atoms with E-state index in [9.17, 15) is 0 Å². The SMILES string of the molecule is CC1CCC(C(N)c2cccc3c2OCCC3)CC1. The summed E-state index contributed by atoms with van der Waals surface area (Å²) in [7, 11) is 0. The lowest BCUT2D eigenvalue weighted by Crippen LogP contribution is -2.26. The molecule has 0 saturated heterocycles. The van der Waals surface area contributed by atoms with E-state index in [4.69, 9.17) is 10.5 Å². The molecule has 104 valence electrons. The van der Waals surface area contributed by atoms with E-state index in [1.165, 1.54) is 36.8 Å². The number of para-hydroxylation sites is 1. The molecule has 1 atom stereocenters. The second-order valence-electron chi connectivity index (χ2n) is 6.33. The van der Waals surface area contributed by atoms with E-state index >= 15 is 0 Å². The molecule has 0 bridgehead atoms. The molecule has 1 heterocycles. The maximum atomic E-state index is 6.56. The molecular weight excluding hydrogens is 234 g/mol. The van der Waals surface area contributed by atoms with Gasteiger partial charge in [-0.05, 0) is 43.1 Å². The van der Waals surface area contributed by atoms with E-state index in [1.54, 1.807) is 0 Å². The number of rotatable bonds is 2. The number of ether oxygens (including phenoxy) is 1. The van der Waals surface area contributed by atoms with Crippen molar-refractivity contribution in [1.29, 1.82) is 0 Å². The van der Waals surface area contributed by atoms with Crippen molar-refractivity contribution in [2.75, 3.05) is 6.61 Å². The van der Waals surface area contributed by atoms with Crippen LogP contribution in [0.4, 0.5) is 0 Å². The summed E-state index contributed by atoms with van der Waals surface area (Å²) in [6.45, 7) is 3.20. The van der Waals surface area contributed by atoms with Gasteiger partial charge in [-0.25, -0.2) is 0 Å². The first-order valence-electron chi connectivity index (χ1n) is 7.76. The Hall–Kier alpha value is -1.02. The zero-order chi connectivity index (χ0) is 13.2. The van der Waals surface area contributed by atoms with Gasteiger partial charge in [0.1, 0.15) is 5.75 Å². The zero-order valence-electron chi connectivity index (χ0n) is 11.9. The highest BCUT2D eigenvalue weighted by Gasteiger charge is 2.27. The van der Waals surface area contributed by atoms with Crippen LogP contribution in [-0.4, -0.2) is 6.61 Å². The van der Waals surface area contributed by atoms with Crippen molar-refractivity contribution >= 4 is 0 Å². The van der Waals surface area contributed by atoms with Gasteiger partial charge in [-0.1, -0.05) is 38.0 Å². The van der Waals surface area contributed by atoms with E-state index in [1.807, 2.05) is 0 Å². The van der Waals surface area contributed by atoms with Crippen LogP contribution in [0.5, 0.6) is 5.75 Å². The van der Waals surface area contributed by atoms with Crippen molar-refractivity contribution < 1.29 is 4.74 Å². The Bertz CT molecular complexity index is 435. The number of benzene rings is 1. The second kappa shape index (κ2) is 5.54. The smallest absolute Gasteiger partial charge is 0.127 e. The number of hydrogen-bond acceptors (Lipinski definition) is 2. The molecule has 3 rings (SSSR count). The van der Waals surface area contributed by atoms with Gasteiger partial charge in [-0.3, -0.25) is 0 Å². The average molecular weight is 259 g/mol. The summed E-state index contributed by atoms with van der Waals surface area (Å²) in [5, 5.41) is 0. The Balaban J connectivity index is 1.81. The van der Waals surface area contributed by atoms with Gasteiger partial charge in [0.25, 0.3) is 0 Å². The molecule has 1 aromatic carbocycles. The molecule has 1 aliphatic heterocycles. The molecule has 0 aromatic heterocycles. The number of fused-ring (bicyclic) bond motifs is 1. The minimum absolute atomic E-state index is 0.153. The van der Waals surface area contributed by atoms with Gasteiger partial charge in [0.05, 0.1) is 6.61 Å². The van der Waals surface area contributed by atoms with E-state index in [0.717, 1.165) is 31.1 Å². The van der Waals surface area contributed by atoms with E-state index in [-0.39, 0.29) is 6.04 Å². The summed E-state index contributed by atoms with van der Waals surface area (Å²) < 4.78 is 5.91. The molecule has 2 aliphatic rings. The van der Waals surface area contributed by atoms with Crippen molar-refractivity contribution in [2.24, 2.45) is 17.6 Å². The standard InChI is InChI=1S/C17H25NO/c1-12-7-9-13(10-8-12)16(18)15-6-2-4-14-5-3-11-19-17(14)15/h2,4,6,12-13,16H,3,5,7-11,18H2,1H3. The Labute approximate surface area is 116 Å². The normalized spacial score (nSPS) is 28.3. The molecule has 1 saturated carbocycles. The Kier molecular flexibility index (Phi) is 3.79. The number of aryl methyl sites for hydroxylation is 1. The Morgan fingerprint density at radius 3 is 2.79 bits per heavy atom. The van der Waals surface area contributed by atoms with Crippen molar-refractivity contribution in [2.45, 2.75) is 51.5 Å². The van der Waals surface area contributed by atoms with Gasteiger partial charge in [0.2, 0.25) is 0 Å². The quantitative estimate of drug-likeness (QED) is 0.876. The molecule has 2 nitrogen and oxygen atoms in total. The molecule has 0 radical (unpaired) electrons. The fourth-order valence-electron chi connectivity index (χ4n) is 3.58. The van der Waals surface area contributed by atoms with Gasteiger partial charge in [0.15, 0.2) is 0 Å². The molecule has 19 heavy (non-hydrogen) atoms. The first kappa shape index (κ1) is 13.0. The maximum Gasteiger partial charge on any atom is 0.127 e. The molecule has 2 heteroatoms. The van der Waals surface area contributed by atoms with Crippen molar-refractivity contribution in [3.05, 3.63) is 29.3 Å². The first-order chi connectivity index (χ1) is 9.25. The highest BCUT2D eigenvalue weighted by atomic mass is 16.5. The molecule has 1 fully saturated rings. The van der Waals surface area contributed by atoms with Gasteiger partial charge >= 0.3 is 0 Å². The van der Waals surface area contributed by atoms with E-state index < -0.39 is 0 Å². The van der Waals surface area contributed by atoms with Crippen LogP contribution in [0, 0.1) is 11.8 Å². The zero-order valence-corrected chi connectivity index (χ0v) is 11.9. The summed E-state index contributed by atoms with van der Waals surface area (Å²) in [4.78, 5) is 0. The summed E-state index contributed by atoms with van der Waals surface area (Å²) in [5.74, 6) is 2.61. The fourth-order valence-corrected chi connectivity index (χ4v) is 3.58. The van der Waals surface area contributed by atoms with E-state index in [2.05, 4.69) is 25.1 Å². The van der Waals surface area contributed by atoms with Crippen molar-refractivity contribution in [3.63, 3.8) is 0 Å². The van der Waals surface area contributed by atoms with Gasteiger partial charge in [0, 0.05) is 11.6 Å². The van der Waals surface area contributed by atoms with Gasteiger partial charge in [-0.2, -0.15) is 0 Å². The number of hydrogen-bond donors (Lipinski definition) is 1.